The molecular formula is C10H8FNO2. The van der Waals surface area contributed by atoms with Crippen molar-refractivity contribution in [1.29, 1.82) is 0 Å². The van der Waals surface area contributed by atoms with Gasteiger partial charge in [-0.1, -0.05) is 12.1 Å². The summed E-state index contributed by atoms with van der Waals surface area (Å²) in [4.78, 5) is 13.8. The van der Waals surface area contributed by atoms with Crippen molar-refractivity contribution in [2.45, 2.75) is 18.4 Å². The zero-order chi connectivity index (χ0) is 10.2. The fourth-order valence-corrected chi connectivity index (χ4v) is 1.54. The summed E-state index contributed by atoms with van der Waals surface area (Å²) in [6.07, 6.45) is 2.76. The highest BCUT2D eigenvalue weighted by Crippen LogP contribution is 2.52. The van der Waals surface area contributed by atoms with Crippen molar-refractivity contribution in [2.75, 3.05) is 0 Å². The van der Waals surface area contributed by atoms with E-state index < -0.39 is 17.1 Å². The molecule has 0 spiro atoms. The van der Waals surface area contributed by atoms with Gasteiger partial charge in [-0.05, 0) is 18.9 Å². The Kier molecular flexibility index (Phi) is 1.86. The van der Waals surface area contributed by atoms with Gasteiger partial charge in [-0.25, -0.2) is 9.18 Å². The summed E-state index contributed by atoms with van der Waals surface area (Å²) < 4.78 is 13.0. The van der Waals surface area contributed by atoms with E-state index in [1.807, 2.05) is 0 Å². The van der Waals surface area contributed by atoms with Crippen LogP contribution in [0, 0.1) is 5.82 Å². The normalized spacial score (nSPS) is 17.2. The molecule has 1 aromatic carbocycles. The summed E-state index contributed by atoms with van der Waals surface area (Å²) in [5.41, 5.74) is -0.339. The molecule has 1 aromatic rings. The molecule has 1 fully saturated rings. The number of phenols is 1. The number of aromatic hydroxyl groups is 1. The molecule has 1 saturated carbocycles. The van der Waals surface area contributed by atoms with Crippen LogP contribution in [0.3, 0.4) is 0 Å². The van der Waals surface area contributed by atoms with E-state index in [-0.39, 0.29) is 0 Å². The molecular weight excluding hydrogens is 185 g/mol. The first kappa shape index (κ1) is 8.91. The van der Waals surface area contributed by atoms with E-state index in [9.17, 15) is 14.3 Å². The number of nitrogens with zero attached hydrogens (tertiary/aromatic N) is 1. The monoisotopic (exact) mass is 193 g/mol. The van der Waals surface area contributed by atoms with E-state index >= 15 is 0 Å². The van der Waals surface area contributed by atoms with Crippen molar-refractivity contribution < 1.29 is 14.3 Å². The number of para-hydroxylation sites is 1. The van der Waals surface area contributed by atoms with Crippen LogP contribution in [0.15, 0.2) is 23.2 Å². The van der Waals surface area contributed by atoms with Crippen LogP contribution in [0.2, 0.25) is 0 Å². The molecule has 0 aliphatic heterocycles. The lowest BCUT2D eigenvalue weighted by Crippen LogP contribution is -2.03. The smallest absolute Gasteiger partial charge is 0.235 e. The van der Waals surface area contributed by atoms with Crippen molar-refractivity contribution in [3.8, 4) is 5.75 Å². The number of isocyanates is 1. The molecule has 0 radical (unpaired) electrons. The summed E-state index contributed by atoms with van der Waals surface area (Å²) in [5, 5.41) is 9.43. The molecule has 4 heteroatoms. The lowest BCUT2D eigenvalue weighted by molar-refractivity contribution is 0.419. The van der Waals surface area contributed by atoms with Crippen LogP contribution in [0.1, 0.15) is 18.4 Å². The molecule has 1 N–H and O–H groups in total. The SMILES string of the molecule is O=C=NC1(c2cccc(F)c2O)CC1. The van der Waals surface area contributed by atoms with Gasteiger partial charge in [0, 0.05) is 5.56 Å². The Morgan fingerprint density at radius 2 is 2.21 bits per heavy atom. The molecule has 0 atom stereocenters. The third-order valence-electron chi connectivity index (χ3n) is 2.47. The van der Waals surface area contributed by atoms with Gasteiger partial charge in [0.15, 0.2) is 11.6 Å². The second-order valence-electron chi connectivity index (χ2n) is 3.37. The van der Waals surface area contributed by atoms with Crippen LogP contribution < -0.4 is 0 Å². The van der Waals surface area contributed by atoms with E-state index in [1.165, 1.54) is 18.2 Å². The summed E-state index contributed by atoms with van der Waals surface area (Å²) >= 11 is 0. The molecule has 2 rings (SSSR count). The fourth-order valence-electron chi connectivity index (χ4n) is 1.54. The van der Waals surface area contributed by atoms with Gasteiger partial charge < -0.3 is 5.11 Å². The number of benzene rings is 1. The third kappa shape index (κ3) is 1.20. The number of rotatable bonds is 2. The average Bonchev–Trinajstić information content (AvgIpc) is 2.91. The highest BCUT2D eigenvalue weighted by molar-refractivity contribution is 5.47. The summed E-state index contributed by atoms with van der Waals surface area (Å²) in [5.74, 6) is -1.10. The molecule has 0 amide bonds. The third-order valence-corrected chi connectivity index (χ3v) is 2.47. The van der Waals surface area contributed by atoms with E-state index in [4.69, 9.17) is 0 Å². The van der Waals surface area contributed by atoms with E-state index in [0.717, 1.165) is 0 Å². The van der Waals surface area contributed by atoms with Crippen LogP contribution in [-0.2, 0) is 10.3 Å². The molecule has 0 bridgehead atoms. The molecule has 72 valence electrons. The Bertz CT molecular complexity index is 420. The van der Waals surface area contributed by atoms with Crippen molar-refractivity contribution in [3.63, 3.8) is 0 Å². The summed E-state index contributed by atoms with van der Waals surface area (Å²) in [7, 11) is 0. The maximum atomic E-state index is 13.0. The van der Waals surface area contributed by atoms with Gasteiger partial charge in [0.1, 0.15) is 5.54 Å². The lowest BCUT2D eigenvalue weighted by Gasteiger charge is -2.10. The van der Waals surface area contributed by atoms with Gasteiger partial charge in [0.25, 0.3) is 0 Å². The minimum absolute atomic E-state index is 0.376. The zero-order valence-corrected chi connectivity index (χ0v) is 7.33. The van der Waals surface area contributed by atoms with Gasteiger partial charge >= 0.3 is 0 Å². The van der Waals surface area contributed by atoms with Crippen LogP contribution in [0.5, 0.6) is 5.75 Å². The Morgan fingerprint density at radius 1 is 1.50 bits per heavy atom. The Labute approximate surface area is 79.9 Å². The first-order chi connectivity index (χ1) is 6.69. The Balaban J connectivity index is 2.52. The van der Waals surface area contributed by atoms with Crippen molar-refractivity contribution in [3.05, 3.63) is 29.6 Å². The summed E-state index contributed by atoms with van der Waals surface area (Å²) in [6.45, 7) is 0. The first-order valence-corrected chi connectivity index (χ1v) is 4.27. The highest BCUT2D eigenvalue weighted by Gasteiger charge is 2.47. The second kappa shape index (κ2) is 2.93. The minimum atomic E-state index is -0.714. The molecule has 0 unspecified atom stereocenters. The van der Waals surface area contributed by atoms with Gasteiger partial charge in [0.05, 0.1) is 0 Å². The molecule has 0 saturated heterocycles. The molecule has 0 heterocycles. The second-order valence-corrected chi connectivity index (χ2v) is 3.37. The standard InChI is InChI=1S/C10H8FNO2/c11-8-3-1-2-7(9(8)14)10(4-5-10)12-6-13/h1-3,14H,4-5H2. The number of hydrogen-bond donors (Lipinski definition) is 1. The van der Waals surface area contributed by atoms with Gasteiger partial charge in [-0.3, -0.25) is 0 Å². The van der Waals surface area contributed by atoms with Crippen molar-refractivity contribution in [2.24, 2.45) is 4.99 Å². The maximum Gasteiger partial charge on any atom is 0.235 e. The van der Waals surface area contributed by atoms with Gasteiger partial charge in [-0.2, -0.15) is 4.99 Å². The number of halogens is 1. The Morgan fingerprint density at radius 3 is 2.79 bits per heavy atom. The quantitative estimate of drug-likeness (QED) is 0.575. The average molecular weight is 193 g/mol. The van der Waals surface area contributed by atoms with Gasteiger partial charge in [0.2, 0.25) is 6.08 Å². The number of aliphatic imine (C=N–C) groups is 1. The number of phenolic OH excluding ortho intramolecular Hbond substituents is 1. The van der Waals surface area contributed by atoms with Crippen molar-refractivity contribution >= 4 is 6.08 Å². The largest absolute Gasteiger partial charge is 0.505 e. The minimum Gasteiger partial charge on any atom is -0.505 e. The zero-order valence-electron chi connectivity index (χ0n) is 7.33. The first-order valence-electron chi connectivity index (χ1n) is 4.27. The van der Waals surface area contributed by atoms with Gasteiger partial charge in [-0.15, -0.1) is 0 Å². The van der Waals surface area contributed by atoms with Crippen LogP contribution in [0.25, 0.3) is 0 Å². The lowest BCUT2D eigenvalue weighted by atomic mass is 10.0. The number of hydrogen-bond acceptors (Lipinski definition) is 3. The van der Waals surface area contributed by atoms with E-state index in [1.54, 1.807) is 6.07 Å². The molecule has 3 nitrogen and oxygen atoms in total. The van der Waals surface area contributed by atoms with E-state index in [0.29, 0.717) is 18.4 Å². The molecule has 0 aromatic heterocycles. The highest BCUT2D eigenvalue weighted by atomic mass is 19.1. The predicted octanol–water partition coefficient (Wildman–Crippen LogP) is 1.86. The predicted molar refractivity (Wildman–Crippen MR) is 47.1 cm³/mol. The van der Waals surface area contributed by atoms with Crippen LogP contribution >= 0.6 is 0 Å². The van der Waals surface area contributed by atoms with E-state index in [2.05, 4.69) is 4.99 Å². The summed E-state index contributed by atoms with van der Waals surface area (Å²) in [6, 6.07) is 4.23. The maximum absolute atomic E-state index is 13.0. The van der Waals surface area contributed by atoms with Crippen LogP contribution in [-0.4, -0.2) is 11.2 Å². The molecule has 14 heavy (non-hydrogen) atoms. The van der Waals surface area contributed by atoms with Crippen molar-refractivity contribution in [1.82, 2.24) is 0 Å². The Hall–Kier alpha value is -1.67. The molecule has 1 aliphatic rings. The van der Waals surface area contributed by atoms with Crippen LogP contribution in [0.4, 0.5) is 4.39 Å². The fraction of sp³-hybridized carbons (Fsp3) is 0.300. The topological polar surface area (TPSA) is 49.7 Å². The molecule has 1 aliphatic carbocycles. The number of carbonyl (C=O) groups excluding carboxylic acids is 1.